The number of aromatic hydroxyl groups is 2. The standard InChI is InChI=1S/C24H26FN5O2S.C15H19N3S.C8H6BrFO2/c25-19-13-16(3-8-20(19)31)21(32)22-23(26)28-24(33-22)27-17-4-6-18(7-5-17)30-11-9-29(10-12-30)14-15-1-2-15;19-12-16-14-3-5-15(6-4-14)18-9-7-17(8-10-18)11-13-1-2-13;9-4-8(12)5-1-2-7(11)6(10)3-5/h3-8,13,15,31H,1-2,9-12,14,26H2,(H,27,28);3-6,13H,1-2,7-11H2;1-3,11H,4H2. The number of hydrogen-bond donors (Lipinski definition) is 4. The van der Waals surface area contributed by atoms with E-state index in [-0.39, 0.29) is 32.9 Å². The van der Waals surface area contributed by atoms with Gasteiger partial charge in [0, 0.05) is 93.6 Å². The Kier molecular flexibility index (Phi) is 16.1. The maximum Gasteiger partial charge on any atom is 0.206 e. The largest absolute Gasteiger partial charge is 0.505 e. The summed E-state index contributed by atoms with van der Waals surface area (Å²) >= 11 is 8.68. The van der Waals surface area contributed by atoms with Crippen LogP contribution in [0.2, 0.25) is 0 Å². The highest BCUT2D eigenvalue weighted by molar-refractivity contribution is 9.09. The van der Waals surface area contributed by atoms with Gasteiger partial charge in [0.05, 0.1) is 16.2 Å². The second-order valence-electron chi connectivity index (χ2n) is 16.3. The molecule has 12 nitrogen and oxygen atoms in total. The molecule has 0 spiro atoms. The molecule has 17 heteroatoms. The number of halogens is 3. The third-order valence-electron chi connectivity index (χ3n) is 11.5. The number of piperazine rings is 2. The number of Topliss-reactive ketones (excluding diaryl/α,β-unsaturated/α-hetero) is 1. The molecule has 4 fully saturated rings. The Hall–Kier alpha value is -5.29. The van der Waals surface area contributed by atoms with Crippen molar-refractivity contribution in [2.75, 3.05) is 91.6 Å². The topological polar surface area (TPSA) is 151 Å². The van der Waals surface area contributed by atoms with E-state index in [2.05, 4.69) is 92.5 Å². The summed E-state index contributed by atoms with van der Waals surface area (Å²) < 4.78 is 26.3. The summed E-state index contributed by atoms with van der Waals surface area (Å²) in [7, 11) is 0. The van der Waals surface area contributed by atoms with Crippen molar-refractivity contribution in [2.45, 2.75) is 25.7 Å². The Morgan fingerprint density at radius 1 is 0.766 bits per heavy atom. The molecule has 1 aromatic heterocycles. The van der Waals surface area contributed by atoms with E-state index in [1.54, 1.807) is 0 Å². The van der Waals surface area contributed by atoms with E-state index in [1.807, 2.05) is 24.3 Å². The third-order valence-corrected chi connectivity index (χ3v) is 13.1. The average molecular weight is 974 g/mol. The molecule has 5 N–H and O–H groups in total. The van der Waals surface area contributed by atoms with Crippen LogP contribution < -0.4 is 20.9 Å². The maximum atomic E-state index is 13.6. The first-order valence-corrected chi connectivity index (χ1v) is 23.7. The molecule has 64 heavy (non-hydrogen) atoms. The molecule has 0 unspecified atom stereocenters. The summed E-state index contributed by atoms with van der Waals surface area (Å²) in [5.74, 6) is -1.22. The van der Waals surface area contributed by atoms with Gasteiger partial charge < -0.3 is 31.1 Å². The van der Waals surface area contributed by atoms with E-state index in [9.17, 15) is 23.5 Å². The Bertz CT molecular complexity index is 2430. The molecule has 2 saturated heterocycles. The van der Waals surface area contributed by atoms with Crippen LogP contribution in [0.25, 0.3) is 0 Å². The lowest BCUT2D eigenvalue weighted by molar-refractivity contribution is 0.102. The number of phenolic OH excluding ortho intramolecular Hbond substituents is 2. The van der Waals surface area contributed by atoms with Crippen LogP contribution in [-0.2, 0) is 0 Å². The van der Waals surface area contributed by atoms with Gasteiger partial charge in [-0.1, -0.05) is 27.3 Å². The van der Waals surface area contributed by atoms with Gasteiger partial charge in [-0.2, -0.15) is 4.99 Å². The minimum atomic E-state index is -0.855. The molecular weight excluding hydrogens is 923 g/mol. The molecule has 0 atom stereocenters. The number of thiazole rings is 1. The van der Waals surface area contributed by atoms with Crippen molar-refractivity contribution >= 4 is 89.9 Å². The van der Waals surface area contributed by atoms with E-state index < -0.39 is 28.9 Å². The monoisotopic (exact) mass is 972 g/mol. The number of nitrogens with two attached hydrogens (primary N) is 1. The smallest absolute Gasteiger partial charge is 0.206 e. The molecule has 4 aromatic carbocycles. The number of nitrogens with zero attached hydrogens (tertiary/aromatic N) is 6. The van der Waals surface area contributed by atoms with Crippen LogP contribution >= 0.6 is 39.5 Å². The van der Waals surface area contributed by atoms with Crippen LogP contribution in [0.3, 0.4) is 0 Å². The number of isothiocyanates is 1. The zero-order valence-electron chi connectivity index (χ0n) is 35.3. The first kappa shape index (κ1) is 46.7. The van der Waals surface area contributed by atoms with Gasteiger partial charge in [-0.3, -0.25) is 19.4 Å². The number of carbonyl (C=O) groups excluding carboxylic acids is 2. The van der Waals surface area contributed by atoms with Gasteiger partial charge in [0.15, 0.2) is 34.0 Å². The Balaban J connectivity index is 0.000000165. The zero-order chi connectivity index (χ0) is 45.2. The first-order chi connectivity index (χ1) is 31.0. The van der Waals surface area contributed by atoms with Crippen molar-refractivity contribution in [1.29, 1.82) is 0 Å². The van der Waals surface area contributed by atoms with Gasteiger partial charge in [0.1, 0.15) is 10.7 Å². The molecule has 0 bridgehead atoms. The molecule has 0 radical (unpaired) electrons. The average Bonchev–Trinajstić information content (AvgIpc) is 4.26. The number of rotatable bonds is 13. The number of carbonyl (C=O) groups is 2. The summed E-state index contributed by atoms with van der Waals surface area (Å²) in [6.45, 7) is 11.5. The molecule has 4 aliphatic rings. The quantitative estimate of drug-likeness (QED) is 0.0386. The lowest BCUT2D eigenvalue weighted by atomic mass is 10.1. The van der Waals surface area contributed by atoms with Gasteiger partial charge in [0.2, 0.25) is 5.78 Å². The SMILES string of the molecule is Nc1nc(Nc2ccc(N3CCN(CC4CC4)CC3)cc2)sc1C(=O)c1ccc(O)c(F)c1.O=C(CBr)c1ccc(O)c(F)c1.S=C=Nc1ccc(N2CCN(CC3CC3)CC2)cc1. The normalized spacial score (nSPS) is 16.4. The number of aliphatic imine (C=N–C) groups is 1. The second kappa shape index (κ2) is 22.1. The fraction of sp³-hybridized carbons (Fsp3) is 0.362. The summed E-state index contributed by atoms with van der Waals surface area (Å²) in [4.78, 5) is 42.2. The van der Waals surface area contributed by atoms with Crippen LogP contribution in [0.15, 0.2) is 89.9 Å². The van der Waals surface area contributed by atoms with Crippen molar-refractivity contribution in [2.24, 2.45) is 16.8 Å². The van der Waals surface area contributed by atoms with Gasteiger partial charge in [0.25, 0.3) is 0 Å². The molecule has 2 aliphatic heterocycles. The van der Waals surface area contributed by atoms with Crippen LogP contribution in [-0.4, -0.2) is 113 Å². The fourth-order valence-electron chi connectivity index (χ4n) is 7.46. The summed E-state index contributed by atoms with van der Waals surface area (Å²) in [5.41, 5.74) is 10.5. The minimum absolute atomic E-state index is 0.0849. The van der Waals surface area contributed by atoms with Crippen molar-refractivity contribution in [3.63, 3.8) is 0 Å². The molecule has 3 heterocycles. The Morgan fingerprint density at radius 3 is 1.72 bits per heavy atom. The number of thiocarbonyl (C=S) groups is 1. The number of alkyl halides is 1. The minimum Gasteiger partial charge on any atom is -0.505 e. The van der Waals surface area contributed by atoms with Crippen LogP contribution in [0, 0.1) is 23.5 Å². The highest BCUT2D eigenvalue weighted by Crippen LogP contribution is 2.33. The first-order valence-electron chi connectivity index (χ1n) is 21.3. The Labute approximate surface area is 389 Å². The molecule has 336 valence electrons. The summed E-state index contributed by atoms with van der Waals surface area (Å²) in [6.07, 6.45) is 5.68. The van der Waals surface area contributed by atoms with Crippen LogP contribution in [0.1, 0.15) is 51.3 Å². The predicted molar refractivity (Wildman–Crippen MR) is 258 cm³/mol. The highest BCUT2D eigenvalue weighted by atomic mass is 79.9. The Morgan fingerprint density at radius 2 is 1.25 bits per heavy atom. The molecule has 5 aromatic rings. The highest BCUT2D eigenvalue weighted by Gasteiger charge is 2.28. The van der Waals surface area contributed by atoms with E-state index >= 15 is 0 Å². The van der Waals surface area contributed by atoms with Gasteiger partial charge in [-0.05, 0) is 135 Å². The number of ketones is 2. The zero-order valence-corrected chi connectivity index (χ0v) is 38.5. The third kappa shape index (κ3) is 13.1. The van der Waals surface area contributed by atoms with Crippen molar-refractivity contribution in [3.05, 3.63) is 113 Å². The van der Waals surface area contributed by atoms with E-state index in [1.165, 1.54) is 75.4 Å². The molecule has 9 rings (SSSR count). The molecule has 0 amide bonds. The maximum absolute atomic E-state index is 13.6. The van der Waals surface area contributed by atoms with E-state index in [0.29, 0.717) is 5.13 Å². The second-order valence-corrected chi connectivity index (χ2v) is 18.0. The fourth-order valence-corrected chi connectivity index (χ4v) is 8.76. The van der Waals surface area contributed by atoms with Crippen molar-refractivity contribution in [1.82, 2.24) is 14.8 Å². The lowest BCUT2D eigenvalue weighted by Gasteiger charge is -2.36. The number of nitrogens with one attached hydrogen (secondary N) is 1. The summed E-state index contributed by atoms with van der Waals surface area (Å²) in [5, 5.41) is 24.4. The number of benzene rings is 4. The number of aromatic nitrogens is 1. The summed E-state index contributed by atoms with van der Waals surface area (Å²) in [6, 6.07) is 23.5. The van der Waals surface area contributed by atoms with Crippen LogP contribution in [0.5, 0.6) is 11.5 Å². The molecule has 2 saturated carbocycles. The molecular formula is C47H51BrF2N8O4S2. The van der Waals surface area contributed by atoms with Crippen LogP contribution in [0.4, 0.5) is 42.5 Å². The predicted octanol–water partition coefficient (Wildman–Crippen LogP) is 9.14. The van der Waals surface area contributed by atoms with Crippen molar-refractivity contribution in [3.8, 4) is 11.5 Å². The number of nitrogen functional groups attached to an aromatic ring is 1. The van der Waals surface area contributed by atoms with Gasteiger partial charge in [-0.15, -0.1) is 0 Å². The van der Waals surface area contributed by atoms with E-state index in [4.69, 9.17) is 10.8 Å². The number of anilines is 5. The van der Waals surface area contributed by atoms with Crippen molar-refractivity contribution < 1.29 is 28.6 Å². The molecule has 2 aliphatic carbocycles. The number of hydrogen-bond acceptors (Lipinski definition) is 14. The van der Waals surface area contributed by atoms with E-state index in [0.717, 1.165) is 98.1 Å². The number of phenols is 2. The lowest BCUT2D eigenvalue weighted by Crippen LogP contribution is -2.47. The van der Waals surface area contributed by atoms with Gasteiger partial charge >= 0.3 is 0 Å². The van der Waals surface area contributed by atoms with Gasteiger partial charge in [-0.25, -0.2) is 13.8 Å².